The molecule has 0 aliphatic carbocycles. The molecular formula is C11H17BrN2O. The Hall–Kier alpha value is -0.640. The van der Waals surface area contributed by atoms with Crippen LogP contribution in [0.25, 0.3) is 0 Å². The molecule has 0 aromatic carbocycles. The highest BCUT2D eigenvalue weighted by Gasteiger charge is 2.11. The van der Waals surface area contributed by atoms with Crippen LogP contribution in [0.1, 0.15) is 26.5 Å². The summed E-state index contributed by atoms with van der Waals surface area (Å²) in [5.74, 6) is 1.20. The van der Waals surface area contributed by atoms with E-state index in [9.17, 15) is 0 Å². The largest absolute Gasteiger partial charge is 0.477 e. The van der Waals surface area contributed by atoms with Crippen molar-refractivity contribution < 1.29 is 4.74 Å². The van der Waals surface area contributed by atoms with Crippen molar-refractivity contribution in [3.05, 3.63) is 18.1 Å². The van der Waals surface area contributed by atoms with E-state index in [1.165, 1.54) is 0 Å². The lowest BCUT2D eigenvalue weighted by molar-refractivity contribution is 0.324. The van der Waals surface area contributed by atoms with Gasteiger partial charge >= 0.3 is 0 Å². The van der Waals surface area contributed by atoms with E-state index in [-0.39, 0.29) is 0 Å². The molecule has 0 N–H and O–H groups in total. The fourth-order valence-electron chi connectivity index (χ4n) is 1.14. The third kappa shape index (κ3) is 4.16. The third-order valence-corrected chi connectivity index (χ3v) is 3.46. The molecule has 3 nitrogen and oxygen atoms in total. The molecule has 0 spiro atoms. The molecule has 0 fully saturated rings. The number of hydrogen-bond donors (Lipinski definition) is 0. The van der Waals surface area contributed by atoms with Crippen molar-refractivity contribution in [2.24, 2.45) is 5.92 Å². The first-order valence-corrected chi connectivity index (χ1v) is 6.12. The first kappa shape index (κ1) is 12.4. The molecule has 84 valence electrons. The molecule has 1 aromatic heterocycles. The summed E-state index contributed by atoms with van der Waals surface area (Å²) < 4.78 is 5.30. The monoisotopic (exact) mass is 272 g/mol. The molecule has 0 aliphatic rings. The fraction of sp³-hybridized carbons (Fsp3) is 0.636. The summed E-state index contributed by atoms with van der Waals surface area (Å²) in [5.41, 5.74) is 0.969. The minimum Gasteiger partial charge on any atom is -0.477 e. The van der Waals surface area contributed by atoms with Crippen LogP contribution >= 0.6 is 15.9 Å². The summed E-state index contributed by atoms with van der Waals surface area (Å²) >= 11 is 3.63. The van der Waals surface area contributed by atoms with E-state index in [0.717, 1.165) is 12.1 Å². The number of rotatable bonds is 5. The number of ether oxygens (including phenoxy) is 1. The smallest absolute Gasteiger partial charge is 0.232 e. The van der Waals surface area contributed by atoms with Gasteiger partial charge in [-0.2, -0.15) is 0 Å². The highest BCUT2D eigenvalue weighted by Crippen LogP contribution is 2.17. The van der Waals surface area contributed by atoms with E-state index in [1.54, 1.807) is 12.4 Å². The fourth-order valence-corrected chi connectivity index (χ4v) is 1.47. The Morgan fingerprint density at radius 1 is 1.40 bits per heavy atom. The Kier molecular flexibility index (Phi) is 5.02. The van der Waals surface area contributed by atoms with E-state index in [0.29, 0.717) is 23.2 Å². The molecule has 1 unspecified atom stereocenters. The second kappa shape index (κ2) is 6.05. The van der Waals surface area contributed by atoms with E-state index in [1.807, 2.05) is 6.92 Å². The summed E-state index contributed by atoms with van der Waals surface area (Å²) in [6.45, 7) is 6.92. The Morgan fingerprint density at radius 3 is 2.73 bits per heavy atom. The Labute approximate surface area is 99.4 Å². The van der Waals surface area contributed by atoms with Crippen LogP contribution < -0.4 is 4.74 Å². The molecule has 0 saturated carbocycles. The first-order valence-electron chi connectivity index (χ1n) is 5.21. The molecule has 4 heteroatoms. The average Bonchev–Trinajstić information content (AvgIpc) is 2.18. The highest BCUT2D eigenvalue weighted by atomic mass is 79.9. The van der Waals surface area contributed by atoms with Gasteiger partial charge in [0.15, 0.2) is 0 Å². The summed E-state index contributed by atoms with van der Waals surface area (Å²) in [4.78, 5) is 8.91. The number of alkyl halides is 1. The van der Waals surface area contributed by atoms with Crippen molar-refractivity contribution >= 4 is 15.9 Å². The topological polar surface area (TPSA) is 35.0 Å². The highest BCUT2D eigenvalue weighted by molar-refractivity contribution is 9.09. The van der Waals surface area contributed by atoms with Gasteiger partial charge in [0.05, 0.1) is 18.5 Å². The van der Waals surface area contributed by atoms with Crippen molar-refractivity contribution in [1.29, 1.82) is 0 Å². The van der Waals surface area contributed by atoms with Gasteiger partial charge in [-0.1, -0.05) is 29.8 Å². The predicted octanol–water partition coefficient (Wildman–Crippen LogP) is 2.84. The molecule has 1 heterocycles. The molecule has 0 aliphatic heterocycles. The number of hydrogen-bond acceptors (Lipinski definition) is 3. The lowest BCUT2D eigenvalue weighted by Crippen LogP contribution is -2.12. The summed E-state index contributed by atoms with van der Waals surface area (Å²) in [6.07, 6.45) is 4.32. The maximum atomic E-state index is 5.30. The molecular weight excluding hydrogens is 256 g/mol. The third-order valence-electron chi connectivity index (χ3n) is 2.08. The Morgan fingerprint density at radius 2 is 2.13 bits per heavy atom. The number of aromatic nitrogens is 2. The molecule has 15 heavy (non-hydrogen) atoms. The van der Waals surface area contributed by atoms with Gasteiger partial charge in [0.2, 0.25) is 5.88 Å². The maximum Gasteiger partial charge on any atom is 0.232 e. The van der Waals surface area contributed by atoms with E-state index in [2.05, 4.69) is 39.7 Å². The Balaban J connectivity index is 2.64. The summed E-state index contributed by atoms with van der Waals surface area (Å²) in [5, 5.41) is 0. The van der Waals surface area contributed by atoms with Crippen LogP contribution in [0.2, 0.25) is 0 Å². The van der Waals surface area contributed by atoms with Crippen LogP contribution in [0.15, 0.2) is 12.4 Å². The number of halogens is 1. The second-order valence-electron chi connectivity index (χ2n) is 3.75. The van der Waals surface area contributed by atoms with Crippen molar-refractivity contribution in [3.63, 3.8) is 0 Å². The predicted molar refractivity (Wildman–Crippen MR) is 64.5 cm³/mol. The zero-order chi connectivity index (χ0) is 11.3. The van der Waals surface area contributed by atoms with E-state index < -0.39 is 0 Å². The van der Waals surface area contributed by atoms with Crippen molar-refractivity contribution in [2.75, 3.05) is 6.61 Å². The van der Waals surface area contributed by atoms with E-state index >= 15 is 0 Å². The van der Waals surface area contributed by atoms with Crippen LogP contribution in [-0.2, 0) is 6.42 Å². The molecule has 0 amide bonds. The van der Waals surface area contributed by atoms with Crippen molar-refractivity contribution in [2.45, 2.75) is 32.0 Å². The van der Waals surface area contributed by atoms with E-state index in [4.69, 9.17) is 4.74 Å². The molecule has 1 aromatic rings. The molecule has 1 atom stereocenters. The standard InChI is InChI=1S/C11H17BrN2O/c1-4-15-11-7-13-6-9(14-11)5-10(12)8(2)3/h6-8,10H,4-5H2,1-3H3. The van der Waals surface area contributed by atoms with Gasteiger partial charge in [-0.15, -0.1) is 0 Å². The lowest BCUT2D eigenvalue weighted by atomic mass is 10.1. The van der Waals surface area contributed by atoms with Crippen LogP contribution in [0.3, 0.4) is 0 Å². The molecule has 1 rings (SSSR count). The summed E-state index contributed by atoms with van der Waals surface area (Å²) in [6, 6.07) is 0. The second-order valence-corrected chi connectivity index (χ2v) is 4.92. The zero-order valence-corrected chi connectivity index (χ0v) is 11.0. The van der Waals surface area contributed by atoms with Crippen LogP contribution in [-0.4, -0.2) is 21.4 Å². The van der Waals surface area contributed by atoms with Crippen molar-refractivity contribution in [3.8, 4) is 5.88 Å². The van der Waals surface area contributed by atoms with Gasteiger partial charge < -0.3 is 4.74 Å². The first-order chi connectivity index (χ1) is 7.13. The van der Waals surface area contributed by atoms with Crippen LogP contribution in [0, 0.1) is 5.92 Å². The van der Waals surface area contributed by atoms with Gasteiger partial charge in [0, 0.05) is 17.4 Å². The molecule has 0 bridgehead atoms. The SMILES string of the molecule is CCOc1cncc(CC(Br)C(C)C)n1. The van der Waals surface area contributed by atoms with Gasteiger partial charge in [-0.05, 0) is 12.8 Å². The minimum absolute atomic E-state index is 0.434. The van der Waals surface area contributed by atoms with Gasteiger partial charge in [-0.3, -0.25) is 4.98 Å². The van der Waals surface area contributed by atoms with Gasteiger partial charge in [0.1, 0.15) is 0 Å². The van der Waals surface area contributed by atoms with Gasteiger partial charge in [0.25, 0.3) is 0 Å². The molecule has 0 saturated heterocycles. The van der Waals surface area contributed by atoms with Crippen molar-refractivity contribution in [1.82, 2.24) is 9.97 Å². The van der Waals surface area contributed by atoms with Crippen LogP contribution in [0.4, 0.5) is 0 Å². The maximum absolute atomic E-state index is 5.30. The zero-order valence-electron chi connectivity index (χ0n) is 9.40. The van der Waals surface area contributed by atoms with Crippen LogP contribution in [0.5, 0.6) is 5.88 Å². The lowest BCUT2D eigenvalue weighted by Gasteiger charge is -2.13. The summed E-state index contributed by atoms with van der Waals surface area (Å²) in [7, 11) is 0. The molecule has 0 radical (unpaired) electrons. The normalized spacial score (nSPS) is 12.9. The minimum atomic E-state index is 0.434. The quantitative estimate of drug-likeness (QED) is 0.774. The Bertz CT molecular complexity index is 304. The average molecular weight is 273 g/mol. The van der Waals surface area contributed by atoms with Gasteiger partial charge in [-0.25, -0.2) is 4.98 Å². The number of nitrogens with zero attached hydrogens (tertiary/aromatic N) is 2.